The molecule has 0 spiro atoms. The van der Waals surface area contributed by atoms with E-state index in [0.29, 0.717) is 11.3 Å². The van der Waals surface area contributed by atoms with E-state index in [1.54, 1.807) is 32.0 Å². The van der Waals surface area contributed by atoms with Crippen LogP contribution in [0.25, 0.3) is 0 Å². The number of carbonyl (C=O) groups is 1. The lowest BCUT2D eigenvalue weighted by atomic mass is 10.1. The van der Waals surface area contributed by atoms with Gasteiger partial charge in [-0.2, -0.15) is 0 Å². The molecule has 100 valence electrons. The molecule has 0 aliphatic rings. The first kappa shape index (κ1) is 14.3. The number of benzene rings is 1. The number of rotatable bonds is 4. The predicted octanol–water partition coefficient (Wildman–Crippen LogP) is 0.835. The Morgan fingerprint density at radius 3 is 2.50 bits per heavy atom. The Balaban J connectivity index is 2.92. The average molecular weight is 251 g/mol. The van der Waals surface area contributed by atoms with Crippen LogP contribution in [-0.2, 0) is 0 Å². The van der Waals surface area contributed by atoms with Gasteiger partial charge in [-0.3, -0.25) is 4.79 Å². The summed E-state index contributed by atoms with van der Waals surface area (Å²) in [6.07, 6.45) is 0. The summed E-state index contributed by atoms with van der Waals surface area (Å²) >= 11 is 0. The Labute approximate surface area is 108 Å². The monoisotopic (exact) mass is 251 g/mol. The van der Waals surface area contributed by atoms with E-state index in [1.807, 2.05) is 19.0 Å². The lowest BCUT2D eigenvalue weighted by Crippen LogP contribution is -2.46. The van der Waals surface area contributed by atoms with Crippen LogP contribution in [-0.4, -0.2) is 37.3 Å². The van der Waals surface area contributed by atoms with Gasteiger partial charge in [0.15, 0.2) is 0 Å². The molecule has 5 nitrogen and oxygen atoms in total. The summed E-state index contributed by atoms with van der Waals surface area (Å²) in [5, 5.41) is 11.9. The summed E-state index contributed by atoms with van der Waals surface area (Å²) in [7, 11) is 3.78. The SMILES string of the molecule is CN(C)c1ccc(C(=O)NC(C)(C)CO)cc1N. The molecule has 1 aromatic carbocycles. The van der Waals surface area contributed by atoms with Gasteiger partial charge in [-0.1, -0.05) is 0 Å². The Morgan fingerprint density at radius 2 is 2.06 bits per heavy atom. The van der Waals surface area contributed by atoms with E-state index in [4.69, 9.17) is 10.8 Å². The second-order valence-corrected chi connectivity index (χ2v) is 5.16. The number of nitrogens with one attached hydrogen (secondary N) is 1. The largest absolute Gasteiger partial charge is 0.397 e. The van der Waals surface area contributed by atoms with E-state index in [0.717, 1.165) is 5.69 Å². The molecule has 0 radical (unpaired) electrons. The maximum atomic E-state index is 12.0. The molecule has 0 atom stereocenters. The summed E-state index contributed by atoms with van der Waals surface area (Å²) in [6, 6.07) is 5.16. The highest BCUT2D eigenvalue weighted by atomic mass is 16.3. The number of carbonyl (C=O) groups excluding carboxylic acids is 1. The van der Waals surface area contributed by atoms with Crippen LogP contribution < -0.4 is 16.0 Å². The molecule has 4 N–H and O–H groups in total. The molecule has 1 aromatic rings. The fourth-order valence-electron chi connectivity index (χ4n) is 1.52. The minimum Gasteiger partial charge on any atom is -0.397 e. The number of aliphatic hydroxyl groups excluding tert-OH is 1. The Bertz CT molecular complexity index is 442. The number of amides is 1. The van der Waals surface area contributed by atoms with E-state index in [1.165, 1.54) is 0 Å². The average Bonchev–Trinajstić information content (AvgIpc) is 2.27. The van der Waals surface area contributed by atoms with Crippen LogP contribution in [0.2, 0.25) is 0 Å². The highest BCUT2D eigenvalue weighted by molar-refractivity contribution is 5.96. The first-order chi connectivity index (χ1) is 8.26. The first-order valence-electron chi connectivity index (χ1n) is 5.77. The molecule has 0 aromatic heterocycles. The molecular formula is C13H21N3O2. The van der Waals surface area contributed by atoms with Crippen molar-refractivity contribution >= 4 is 17.3 Å². The number of anilines is 2. The predicted molar refractivity (Wildman–Crippen MR) is 73.8 cm³/mol. The van der Waals surface area contributed by atoms with E-state index < -0.39 is 5.54 Å². The molecule has 0 saturated carbocycles. The number of hydrogen-bond donors (Lipinski definition) is 3. The molecule has 0 fully saturated rings. The Kier molecular flexibility index (Phi) is 4.19. The van der Waals surface area contributed by atoms with E-state index in [-0.39, 0.29) is 12.5 Å². The molecule has 5 heteroatoms. The van der Waals surface area contributed by atoms with Gasteiger partial charge in [-0.25, -0.2) is 0 Å². The molecule has 0 saturated heterocycles. The molecular weight excluding hydrogens is 230 g/mol. The zero-order valence-corrected chi connectivity index (χ0v) is 11.3. The van der Waals surface area contributed by atoms with E-state index >= 15 is 0 Å². The van der Waals surface area contributed by atoms with Crippen LogP contribution in [0.3, 0.4) is 0 Å². The molecule has 0 unspecified atom stereocenters. The molecule has 0 aliphatic heterocycles. The van der Waals surface area contributed by atoms with Crippen LogP contribution in [0.1, 0.15) is 24.2 Å². The maximum Gasteiger partial charge on any atom is 0.251 e. The molecule has 1 rings (SSSR count). The molecule has 18 heavy (non-hydrogen) atoms. The van der Waals surface area contributed by atoms with Crippen molar-refractivity contribution in [1.29, 1.82) is 0 Å². The lowest BCUT2D eigenvalue weighted by molar-refractivity contribution is 0.0869. The van der Waals surface area contributed by atoms with E-state index in [9.17, 15) is 4.79 Å². The normalized spacial score (nSPS) is 11.2. The molecule has 0 aliphatic carbocycles. The highest BCUT2D eigenvalue weighted by Crippen LogP contribution is 2.22. The zero-order valence-electron chi connectivity index (χ0n) is 11.3. The second kappa shape index (κ2) is 5.27. The number of nitrogens with zero attached hydrogens (tertiary/aromatic N) is 1. The van der Waals surface area contributed by atoms with Crippen molar-refractivity contribution in [3.05, 3.63) is 23.8 Å². The minimum absolute atomic E-state index is 0.121. The number of hydrogen-bond acceptors (Lipinski definition) is 4. The van der Waals surface area contributed by atoms with Gasteiger partial charge in [0.05, 0.1) is 23.5 Å². The zero-order chi connectivity index (χ0) is 13.9. The van der Waals surface area contributed by atoms with Crippen molar-refractivity contribution in [3.8, 4) is 0 Å². The van der Waals surface area contributed by atoms with E-state index in [2.05, 4.69) is 5.32 Å². The van der Waals surface area contributed by atoms with Gasteiger partial charge in [-0.15, -0.1) is 0 Å². The Hall–Kier alpha value is -1.75. The van der Waals surface area contributed by atoms with Gasteiger partial charge in [0, 0.05) is 19.7 Å². The molecule has 0 bridgehead atoms. The number of nitrogens with two attached hydrogens (primary N) is 1. The van der Waals surface area contributed by atoms with Crippen LogP contribution in [0, 0.1) is 0 Å². The number of aliphatic hydroxyl groups is 1. The van der Waals surface area contributed by atoms with Crippen molar-refractivity contribution in [1.82, 2.24) is 5.32 Å². The van der Waals surface area contributed by atoms with Crippen LogP contribution >= 0.6 is 0 Å². The first-order valence-corrected chi connectivity index (χ1v) is 5.77. The maximum absolute atomic E-state index is 12.0. The van der Waals surface area contributed by atoms with Gasteiger partial charge in [0.1, 0.15) is 0 Å². The van der Waals surface area contributed by atoms with Crippen LogP contribution in [0.5, 0.6) is 0 Å². The second-order valence-electron chi connectivity index (χ2n) is 5.16. The summed E-state index contributed by atoms with van der Waals surface area (Å²) in [4.78, 5) is 13.8. The third-order valence-corrected chi connectivity index (χ3v) is 2.62. The van der Waals surface area contributed by atoms with Crippen LogP contribution in [0.4, 0.5) is 11.4 Å². The van der Waals surface area contributed by atoms with Gasteiger partial charge in [-0.05, 0) is 32.0 Å². The van der Waals surface area contributed by atoms with Crippen molar-refractivity contribution < 1.29 is 9.90 Å². The van der Waals surface area contributed by atoms with Crippen molar-refractivity contribution in [2.24, 2.45) is 0 Å². The Morgan fingerprint density at radius 1 is 1.44 bits per heavy atom. The minimum atomic E-state index is -0.647. The van der Waals surface area contributed by atoms with Crippen molar-refractivity contribution in [3.63, 3.8) is 0 Å². The quantitative estimate of drug-likeness (QED) is 0.693. The third kappa shape index (κ3) is 3.37. The lowest BCUT2D eigenvalue weighted by Gasteiger charge is -2.24. The summed E-state index contributed by atoms with van der Waals surface area (Å²) in [5.41, 5.74) is 7.14. The topological polar surface area (TPSA) is 78.6 Å². The van der Waals surface area contributed by atoms with Crippen molar-refractivity contribution in [2.45, 2.75) is 19.4 Å². The van der Waals surface area contributed by atoms with Crippen molar-refractivity contribution in [2.75, 3.05) is 31.3 Å². The summed E-state index contributed by atoms with van der Waals surface area (Å²) < 4.78 is 0. The fourth-order valence-corrected chi connectivity index (χ4v) is 1.52. The number of nitrogen functional groups attached to an aromatic ring is 1. The molecule has 0 heterocycles. The highest BCUT2D eigenvalue weighted by Gasteiger charge is 2.20. The van der Waals surface area contributed by atoms with Gasteiger partial charge in [0.25, 0.3) is 5.91 Å². The molecule has 1 amide bonds. The standard InChI is InChI=1S/C13H21N3O2/c1-13(2,8-17)15-12(18)9-5-6-11(16(3)4)10(14)7-9/h5-7,17H,8,14H2,1-4H3,(H,15,18). The van der Waals surface area contributed by atoms with Gasteiger partial charge in [0.2, 0.25) is 0 Å². The third-order valence-electron chi connectivity index (χ3n) is 2.62. The fraction of sp³-hybridized carbons (Fsp3) is 0.462. The van der Waals surface area contributed by atoms with Gasteiger partial charge < -0.3 is 21.1 Å². The summed E-state index contributed by atoms with van der Waals surface area (Å²) in [5.74, 6) is -0.244. The van der Waals surface area contributed by atoms with Crippen LogP contribution in [0.15, 0.2) is 18.2 Å². The summed E-state index contributed by atoms with van der Waals surface area (Å²) in [6.45, 7) is 3.38. The van der Waals surface area contributed by atoms with Gasteiger partial charge >= 0.3 is 0 Å². The smallest absolute Gasteiger partial charge is 0.251 e.